The molecule has 3 aromatic heterocycles. The summed E-state index contributed by atoms with van der Waals surface area (Å²) >= 11 is 0. The molecule has 0 saturated heterocycles. The summed E-state index contributed by atoms with van der Waals surface area (Å²) in [6.45, 7) is 1.37. The number of hydrogen-bond donors (Lipinski definition) is 2. The number of carbonyl (C=O) groups excluding carboxylic acids is 1. The van der Waals surface area contributed by atoms with Crippen LogP contribution < -0.4 is 10.9 Å². The van der Waals surface area contributed by atoms with E-state index in [0.29, 0.717) is 12.1 Å². The molecule has 172 valence electrons. The molecule has 0 spiro atoms. The molecule has 1 aliphatic heterocycles. The van der Waals surface area contributed by atoms with Crippen molar-refractivity contribution in [2.45, 2.75) is 13.0 Å². The van der Waals surface area contributed by atoms with Crippen LogP contribution in [0, 0.1) is 0 Å². The number of amides is 1. The van der Waals surface area contributed by atoms with Crippen LogP contribution in [0.1, 0.15) is 21.5 Å². The maximum Gasteiger partial charge on any atom is 0.254 e. The Labute approximate surface area is 201 Å². The van der Waals surface area contributed by atoms with Gasteiger partial charge in [0, 0.05) is 54.6 Å². The first-order chi connectivity index (χ1) is 17.2. The van der Waals surface area contributed by atoms with E-state index in [0.717, 1.165) is 41.2 Å². The van der Waals surface area contributed by atoms with Crippen LogP contribution in [-0.2, 0) is 13.0 Å². The number of aromatic nitrogens is 3. The van der Waals surface area contributed by atoms with E-state index < -0.39 is 0 Å². The molecule has 35 heavy (non-hydrogen) atoms. The van der Waals surface area contributed by atoms with Crippen molar-refractivity contribution in [2.75, 3.05) is 11.9 Å². The number of imidazole rings is 1. The molecule has 7 nitrogen and oxygen atoms in total. The van der Waals surface area contributed by atoms with E-state index in [1.54, 1.807) is 18.5 Å². The van der Waals surface area contributed by atoms with E-state index >= 15 is 0 Å². The summed E-state index contributed by atoms with van der Waals surface area (Å²) in [6, 6.07) is 23.2. The zero-order chi connectivity index (χ0) is 23.8. The molecule has 2 N–H and O–H groups in total. The second-order valence-corrected chi connectivity index (χ2v) is 8.64. The molecule has 0 atom stereocenters. The van der Waals surface area contributed by atoms with Crippen molar-refractivity contribution in [2.24, 2.45) is 0 Å². The average Bonchev–Trinajstić information content (AvgIpc) is 3.39. The van der Waals surface area contributed by atoms with E-state index in [1.165, 1.54) is 11.1 Å². The Morgan fingerprint density at radius 1 is 0.971 bits per heavy atom. The molecule has 4 heterocycles. The summed E-state index contributed by atoms with van der Waals surface area (Å²) < 4.78 is 1.95. The lowest BCUT2D eigenvalue weighted by atomic mass is 9.99. The van der Waals surface area contributed by atoms with Crippen molar-refractivity contribution in [1.82, 2.24) is 19.3 Å². The molecule has 0 aliphatic carbocycles. The topological polar surface area (TPSA) is 82.5 Å². The van der Waals surface area contributed by atoms with Gasteiger partial charge in [-0.25, -0.2) is 4.98 Å². The second kappa shape index (κ2) is 8.61. The third-order valence-electron chi connectivity index (χ3n) is 6.45. The molecule has 0 fully saturated rings. The van der Waals surface area contributed by atoms with E-state index in [9.17, 15) is 9.59 Å². The van der Waals surface area contributed by atoms with E-state index in [4.69, 9.17) is 0 Å². The molecule has 6 rings (SSSR count). The van der Waals surface area contributed by atoms with Gasteiger partial charge in [0.05, 0.1) is 11.4 Å². The van der Waals surface area contributed by atoms with Gasteiger partial charge in [0.2, 0.25) is 5.56 Å². The summed E-state index contributed by atoms with van der Waals surface area (Å²) in [5, 5.41) is 3.41. The molecule has 0 bridgehead atoms. The highest BCUT2D eigenvalue weighted by Gasteiger charge is 2.21. The van der Waals surface area contributed by atoms with E-state index in [1.807, 2.05) is 64.0 Å². The maximum atomic E-state index is 13.1. The zero-order valence-electron chi connectivity index (χ0n) is 18.9. The Morgan fingerprint density at radius 3 is 2.63 bits per heavy atom. The summed E-state index contributed by atoms with van der Waals surface area (Å²) in [7, 11) is 0. The quantitative estimate of drug-likeness (QED) is 0.409. The molecule has 0 unspecified atom stereocenters. The Kier molecular flexibility index (Phi) is 5.15. The molecule has 1 amide bonds. The van der Waals surface area contributed by atoms with Crippen molar-refractivity contribution < 1.29 is 4.79 Å². The van der Waals surface area contributed by atoms with Gasteiger partial charge in [-0.2, -0.15) is 0 Å². The molecule has 1 aliphatic rings. The number of carbonyl (C=O) groups is 1. The third kappa shape index (κ3) is 3.97. The number of nitrogens with zero attached hydrogens (tertiary/aromatic N) is 3. The van der Waals surface area contributed by atoms with Crippen LogP contribution in [0.15, 0.2) is 96.2 Å². The van der Waals surface area contributed by atoms with Crippen LogP contribution in [0.25, 0.3) is 16.9 Å². The van der Waals surface area contributed by atoms with E-state index in [-0.39, 0.29) is 11.5 Å². The van der Waals surface area contributed by atoms with Gasteiger partial charge in [0.1, 0.15) is 0 Å². The van der Waals surface area contributed by atoms with Crippen molar-refractivity contribution >= 4 is 22.9 Å². The molecular weight excluding hydrogens is 438 g/mol. The highest BCUT2D eigenvalue weighted by Crippen LogP contribution is 2.27. The number of aromatic amines is 1. The number of rotatable bonds is 4. The number of H-pyrrole nitrogens is 1. The fourth-order valence-corrected chi connectivity index (χ4v) is 4.65. The number of fused-ring (bicyclic) bond motifs is 2. The van der Waals surface area contributed by atoms with Crippen molar-refractivity contribution in [3.8, 4) is 11.3 Å². The lowest BCUT2D eigenvalue weighted by molar-refractivity contribution is 0.0734. The van der Waals surface area contributed by atoms with Crippen molar-refractivity contribution in [3.63, 3.8) is 0 Å². The SMILES string of the molecule is O=C(c1ccc(Nc2ccc(-c3cc[nH]c(=O)c3)n3ccnc23)cc1)N1CCc2ccccc2C1. The standard InChI is InChI=1S/C28H23N5O2/c34-26-17-21(11-13-29-26)25-10-9-24(27-30-14-16-33(25)27)31-23-7-5-20(6-8-23)28(35)32-15-12-19-3-1-2-4-22(19)18-32/h1-11,13-14,16-17,31H,12,15,18H2,(H,29,34). The lowest BCUT2D eigenvalue weighted by Crippen LogP contribution is -2.35. The number of hydrogen-bond acceptors (Lipinski definition) is 4. The lowest BCUT2D eigenvalue weighted by Gasteiger charge is -2.29. The van der Waals surface area contributed by atoms with Crippen LogP contribution in [0.5, 0.6) is 0 Å². The van der Waals surface area contributed by atoms with Gasteiger partial charge in [-0.3, -0.25) is 14.0 Å². The number of anilines is 2. The molecule has 7 heteroatoms. The minimum absolute atomic E-state index is 0.0453. The van der Waals surface area contributed by atoms with Crippen molar-refractivity contribution in [1.29, 1.82) is 0 Å². The van der Waals surface area contributed by atoms with E-state index in [2.05, 4.69) is 33.5 Å². The fourth-order valence-electron chi connectivity index (χ4n) is 4.65. The first-order valence-corrected chi connectivity index (χ1v) is 11.5. The van der Waals surface area contributed by atoms with Crippen LogP contribution in [-0.4, -0.2) is 31.7 Å². The van der Waals surface area contributed by atoms with Crippen molar-refractivity contribution in [3.05, 3.63) is 118 Å². The Hall–Kier alpha value is -4.65. The monoisotopic (exact) mass is 461 g/mol. The predicted molar refractivity (Wildman–Crippen MR) is 136 cm³/mol. The Balaban J connectivity index is 1.22. The average molecular weight is 462 g/mol. The smallest absolute Gasteiger partial charge is 0.254 e. The fraction of sp³-hybridized carbons (Fsp3) is 0.107. The minimum Gasteiger partial charge on any atom is -0.352 e. The highest BCUT2D eigenvalue weighted by molar-refractivity contribution is 5.95. The van der Waals surface area contributed by atoms with Gasteiger partial charge in [-0.1, -0.05) is 24.3 Å². The number of pyridine rings is 2. The minimum atomic E-state index is -0.152. The highest BCUT2D eigenvalue weighted by atomic mass is 16.2. The normalized spacial score (nSPS) is 13.0. The van der Waals surface area contributed by atoms with Crippen LogP contribution in [0.2, 0.25) is 0 Å². The molecule has 0 saturated carbocycles. The first-order valence-electron chi connectivity index (χ1n) is 11.5. The second-order valence-electron chi connectivity index (χ2n) is 8.64. The molecule has 5 aromatic rings. The largest absolute Gasteiger partial charge is 0.352 e. The summed E-state index contributed by atoms with van der Waals surface area (Å²) in [4.78, 5) is 33.9. The van der Waals surface area contributed by atoms with Gasteiger partial charge in [-0.15, -0.1) is 0 Å². The summed E-state index contributed by atoms with van der Waals surface area (Å²) in [6.07, 6.45) is 6.12. The Bertz CT molecular complexity index is 1600. The molecule has 2 aromatic carbocycles. The van der Waals surface area contributed by atoms with Gasteiger partial charge >= 0.3 is 0 Å². The van der Waals surface area contributed by atoms with Gasteiger partial charge in [0.15, 0.2) is 5.65 Å². The molecular formula is C28H23N5O2. The third-order valence-corrected chi connectivity index (χ3v) is 6.45. The maximum absolute atomic E-state index is 13.1. The van der Waals surface area contributed by atoms with Gasteiger partial charge in [0.25, 0.3) is 5.91 Å². The van der Waals surface area contributed by atoms with Crippen LogP contribution in [0.4, 0.5) is 11.4 Å². The number of benzene rings is 2. The summed E-state index contributed by atoms with van der Waals surface area (Å²) in [5.74, 6) is 0.0453. The first kappa shape index (κ1) is 20.9. The Morgan fingerprint density at radius 2 is 1.80 bits per heavy atom. The zero-order valence-corrected chi connectivity index (χ0v) is 18.9. The van der Waals surface area contributed by atoms with Crippen LogP contribution in [0.3, 0.4) is 0 Å². The predicted octanol–water partition coefficient (Wildman–Crippen LogP) is 4.63. The summed E-state index contributed by atoms with van der Waals surface area (Å²) in [5.41, 5.74) is 7.19. The van der Waals surface area contributed by atoms with Crippen LogP contribution >= 0.6 is 0 Å². The van der Waals surface area contributed by atoms with Gasteiger partial charge in [-0.05, 0) is 60.0 Å². The molecule has 0 radical (unpaired) electrons. The van der Waals surface area contributed by atoms with Gasteiger partial charge < -0.3 is 15.2 Å². The number of nitrogens with one attached hydrogen (secondary N) is 2.